The summed E-state index contributed by atoms with van der Waals surface area (Å²) in [5, 5.41) is 14.6. The maximum absolute atomic E-state index is 4.84. The lowest BCUT2D eigenvalue weighted by atomic mass is 10.5. The number of nitrogens with one attached hydrogen (secondary N) is 1. The molecule has 2 rings (SSSR count). The highest BCUT2D eigenvalue weighted by Crippen LogP contribution is 1.95. The number of hydrogen-bond acceptors (Lipinski definition) is 6. The Hall–Kier alpha value is -1.76. The molecule has 0 aliphatic carbocycles. The number of hydrogen-bond donors (Lipinski definition) is 1. The average Bonchev–Trinajstić information content (AvgIpc) is 2.77. The second-order valence-corrected chi connectivity index (χ2v) is 3.19. The molecule has 0 unspecified atom stereocenters. The van der Waals surface area contributed by atoms with E-state index in [1.807, 2.05) is 11.6 Å². The Morgan fingerprint density at radius 2 is 2.33 bits per heavy atom. The van der Waals surface area contributed by atoms with Gasteiger partial charge >= 0.3 is 0 Å². The van der Waals surface area contributed by atoms with Crippen molar-refractivity contribution in [2.45, 2.75) is 20.0 Å². The van der Waals surface area contributed by atoms with Crippen molar-refractivity contribution in [1.82, 2.24) is 30.2 Å². The van der Waals surface area contributed by atoms with Crippen molar-refractivity contribution in [3.05, 3.63) is 23.9 Å². The van der Waals surface area contributed by atoms with E-state index in [0.29, 0.717) is 24.8 Å². The Kier molecular flexibility index (Phi) is 2.72. The highest BCUT2D eigenvalue weighted by atomic mass is 16.5. The number of nitrogens with zero attached hydrogens (tertiary/aromatic N) is 5. The summed E-state index contributed by atoms with van der Waals surface area (Å²) in [5.74, 6) is 2.09. The molecule has 7 nitrogen and oxygen atoms in total. The minimum atomic E-state index is 0.560. The zero-order valence-electron chi connectivity index (χ0n) is 8.64. The van der Waals surface area contributed by atoms with Crippen LogP contribution in [0.3, 0.4) is 0 Å². The van der Waals surface area contributed by atoms with Crippen molar-refractivity contribution in [3.8, 4) is 0 Å². The fourth-order valence-corrected chi connectivity index (χ4v) is 1.17. The minimum Gasteiger partial charge on any atom is -0.340 e. The van der Waals surface area contributed by atoms with Crippen molar-refractivity contribution in [2.75, 3.05) is 0 Å². The monoisotopic (exact) mass is 208 g/mol. The molecule has 0 fully saturated rings. The molecule has 0 radical (unpaired) electrons. The molecule has 80 valence electrons. The van der Waals surface area contributed by atoms with Crippen LogP contribution in [0.25, 0.3) is 0 Å². The van der Waals surface area contributed by atoms with Crippen molar-refractivity contribution >= 4 is 0 Å². The first-order valence-electron chi connectivity index (χ1n) is 4.58. The van der Waals surface area contributed by atoms with E-state index in [9.17, 15) is 0 Å². The zero-order chi connectivity index (χ0) is 10.7. The first-order chi connectivity index (χ1) is 7.25. The Balaban J connectivity index is 1.83. The average molecular weight is 208 g/mol. The van der Waals surface area contributed by atoms with Crippen LogP contribution in [-0.4, -0.2) is 24.9 Å². The van der Waals surface area contributed by atoms with E-state index < -0.39 is 0 Å². The summed E-state index contributed by atoms with van der Waals surface area (Å²) in [6, 6.07) is 0. The van der Waals surface area contributed by atoms with Gasteiger partial charge in [0.1, 0.15) is 12.2 Å². The van der Waals surface area contributed by atoms with Gasteiger partial charge in [0.15, 0.2) is 5.82 Å². The van der Waals surface area contributed by atoms with Gasteiger partial charge < -0.3 is 14.4 Å². The molecule has 0 aliphatic rings. The molecule has 1 N–H and O–H groups in total. The number of aromatic nitrogens is 5. The van der Waals surface area contributed by atoms with Crippen LogP contribution in [0.15, 0.2) is 10.9 Å². The van der Waals surface area contributed by atoms with Gasteiger partial charge in [-0.05, 0) is 0 Å². The van der Waals surface area contributed by atoms with E-state index in [1.54, 1.807) is 13.3 Å². The standard InChI is InChI=1S/C8H12N6O/c1-6-11-7(13-15-6)3-9-4-8-12-10-5-14(8)2/h5,9H,3-4H2,1-2H3. The van der Waals surface area contributed by atoms with Crippen LogP contribution in [-0.2, 0) is 20.1 Å². The second kappa shape index (κ2) is 4.18. The third-order valence-corrected chi connectivity index (χ3v) is 1.94. The quantitative estimate of drug-likeness (QED) is 0.749. The topological polar surface area (TPSA) is 81.7 Å². The lowest BCUT2D eigenvalue weighted by Crippen LogP contribution is -2.16. The molecule has 0 atom stereocenters. The third-order valence-electron chi connectivity index (χ3n) is 1.94. The van der Waals surface area contributed by atoms with Gasteiger partial charge in [-0.15, -0.1) is 10.2 Å². The van der Waals surface area contributed by atoms with E-state index >= 15 is 0 Å². The van der Waals surface area contributed by atoms with E-state index in [2.05, 4.69) is 25.7 Å². The summed E-state index contributed by atoms with van der Waals surface area (Å²) < 4.78 is 6.70. The van der Waals surface area contributed by atoms with Crippen molar-refractivity contribution in [1.29, 1.82) is 0 Å². The zero-order valence-corrected chi connectivity index (χ0v) is 8.64. The van der Waals surface area contributed by atoms with E-state index in [0.717, 1.165) is 5.82 Å². The van der Waals surface area contributed by atoms with Gasteiger partial charge in [0, 0.05) is 14.0 Å². The van der Waals surface area contributed by atoms with Gasteiger partial charge in [-0.25, -0.2) is 0 Å². The van der Waals surface area contributed by atoms with Crippen LogP contribution in [0.2, 0.25) is 0 Å². The van der Waals surface area contributed by atoms with Gasteiger partial charge in [-0.1, -0.05) is 5.16 Å². The molecule has 0 aromatic carbocycles. The van der Waals surface area contributed by atoms with Crippen LogP contribution < -0.4 is 5.32 Å². The Labute approximate surface area is 86.5 Å². The summed E-state index contributed by atoms with van der Waals surface area (Å²) >= 11 is 0. The maximum atomic E-state index is 4.84. The molecular weight excluding hydrogens is 196 g/mol. The van der Waals surface area contributed by atoms with E-state index in [-0.39, 0.29) is 0 Å². The van der Waals surface area contributed by atoms with Crippen molar-refractivity contribution in [2.24, 2.45) is 7.05 Å². The molecule has 2 heterocycles. The predicted octanol–water partition coefficient (Wildman–Crippen LogP) is -0.204. The summed E-state index contributed by atoms with van der Waals surface area (Å²) in [5.41, 5.74) is 0. The highest BCUT2D eigenvalue weighted by molar-refractivity contribution is 4.86. The SMILES string of the molecule is Cc1nc(CNCc2nncn2C)no1. The molecule has 2 aromatic rings. The first-order valence-corrected chi connectivity index (χ1v) is 4.58. The first kappa shape index (κ1) is 9.78. The van der Waals surface area contributed by atoms with Gasteiger partial charge in [0.05, 0.1) is 13.1 Å². The fraction of sp³-hybridized carbons (Fsp3) is 0.500. The minimum absolute atomic E-state index is 0.560. The highest BCUT2D eigenvalue weighted by Gasteiger charge is 2.03. The van der Waals surface area contributed by atoms with Crippen LogP contribution in [0.4, 0.5) is 0 Å². The number of rotatable bonds is 4. The summed E-state index contributed by atoms with van der Waals surface area (Å²) in [6.07, 6.45) is 1.66. The Morgan fingerprint density at radius 1 is 1.47 bits per heavy atom. The molecule has 7 heteroatoms. The molecule has 0 amide bonds. The smallest absolute Gasteiger partial charge is 0.223 e. The predicted molar refractivity (Wildman–Crippen MR) is 50.6 cm³/mol. The molecule has 0 saturated heterocycles. The summed E-state index contributed by atoms with van der Waals surface area (Å²) in [7, 11) is 1.90. The lowest BCUT2D eigenvalue weighted by Gasteiger charge is -2.00. The molecule has 0 saturated carbocycles. The van der Waals surface area contributed by atoms with Crippen LogP contribution in [0, 0.1) is 6.92 Å². The largest absolute Gasteiger partial charge is 0.340 e. The molecule has 0 spiro atoms. The summed E-state index contributed by atoms with van der Waals surface area (Å²) in [4.78, 5) is 4.07. The lowest BCUT2D eigenvalue weighted by molar-refractivity contribution is 0.385. The Bertz CT molecular complexity index is 434. The van der Waals surface area contributed by atoms with Crippen LogP contribution in [0.1, 0.15) is 17.5 Å². The van der Waals surface area contributed by atoms with Gasteiger partial charge in [0.25, 0.3) is 0 Å². The van der Waals surface area contributed by atoms with E-state index in [1.165, 1.54) is 0 Å². The van der Waals surface area contributed by atoms with Crippen molar-refractivity contribution < 1.29 is 4.52 Å². The summed E-state index contributed by atoms with van der Waals surface area (Å²) in [6.45, 7) is 2.95. The van der Waals surface area contributed by atoms with Gasteiger partial charge in [-0.2, -0.15) is 4.98 Å². The molecular formula is C8H12N6O. The fourth-order valence-electron chi connectivity index (χ4n) is 1.17. The van der Waals surface area contributed by atoms with Crippen LogP contribution in [0.5, 0.6) is 0 Å². The van der Waals surface area contributed by atoms with E-state index in [4.69, 9.17) is 4.52 Å². The van der Waals surface area contributed by atoms with Crippen molar-refractivity contribution in [3.63, 3.8) is 0 Å². The Morgan fingerprint density at radius 3 is 2.93 bits per heavy atom. The number of aryl methyl sites for hydroxylation is 2. The van der Waals surface area contributed by atoms with Gasteiger partial charge in [-0.3, -0.25) is 0 Å². The molecule has 0 bridgehead atoms. The third kappa shape index (κ3) is 2.38. The van der Waals surface area contributed by atoms with Crippen LogP contribution >= 0.6 is 0 Å². The molecule has 0 aliphatic heterocycles. The van der Waals surface area contributed by atoms with Gasteiger partial charge in [0.2, 0.25) is 5.89 Å². The maximum Gasteiger partial charge on any atom is 0.223 e. The normalized spacial score (nSPS) is 10.8. The second-order valence-electron chi connectivity index (χ2n) is 3.19. The molecule has 2 aromatic heterocycles. The molecule has 15 heavy (non-hydrogen) atoms.